The molecule has 1 atom stereocenters. The van der Waals surface area contributed by atoms with Crippen LogP contribution in [0.1, 0.15) is 18.4 Å². The number of carbonyl (C=O) groups excluding carboxylic acids is 1. The van der Waals surface area contributed by atoms with Crippen LogP contribution in [0.2, 0.25) is 0 Å². The van der Waals surface area contributed by atoms with Crippen LogP contribution in [-0.4, -0.2) is 90.3 Å². The highest BCUT2D eigenvalue weighted by molar-refractivity contribution is 5.71. The molecule has 37 heavy (non-hydrogen) atoms. The standard InChI is InChI=1S/C26H34N6O5/c1-5-35-26(34)32-11-9-31(10-12-32)23-14-22(24-17(2)30-37-18(24)3)28-25(29-23)19-7-6-8-21(13-19)36-16-20(33)15-27-4/h6-8,13-14,20,27,33H,5,9-12,15-16H2,1-4H3. The van der Waals surface area contributed by atoms with Gasteiger partial charge in [-0.2, -0.15) is 0 Å². The molecule has 4 rings (SSSR count). The minimum absolute atomic E-state index is 0.167. The van der Waals surface area contributed by atoms with Crippen LogP contribution in [0.4, 0.5) is 10.6 Å². The number of anilines is 1. The molecule has 0 radical (unpaired) electrons. The van der Waals surface area contributed by atoms with Gasteiger partial charge < -0.3 is 34.2 Å². The largest absolute Gasteiger partial charge is 0.491 e. The van der Waals surface area contributed by atoms with E-state index in [0.29, 0.717) is 62.4 Å². The zero-order valence-corrected chi connectivity index (χ0v) is 21.7. The summed E-state index contributed by atoms with van der Waals surface area (Å²) < 4.78 is 16.3. The van der Waals surface area contributed by atoms with E-state index >= 15 is 0 Å². The van der Waals surface area contributed by atoms with Gasteiger partial charge in [-0.15, -0.1) is 0 Å². The van der Waals surface area contributed by atoms with Crippen molar-refractivity contribution in [3.05, 3.63) is 41.8 Å². The maximum absolute atomic E-state index is 12.1. The van der Waals surface area contributed by atoms with Gasteiger partial charge in [0.2, 0.25) is 0 Å². The van der Waals surface area contributed by atoms with Gasteiger partial charge in [0.15, 0.2) is 5.82 Å². The number of nitrogens with zero attached hydrogens (tertiary/aromatic N) is 5. The molecule has 0 bridgehead atoms. The Bertz CT molecular complexity index is 1190. The number of amides is 1. The smallest absolute Gasteiger partial charge is 0.409 e. The molecule has 0 saturated carbocycles. The van der Waals surface area contributed by atoms with E-state index in [1.165, 1.54) is 0 Å². The van der Waals surface area contributed by atoms with Gasteiger partial charge >= 0.3 is 6.09 Å². The van der Waals surface area contributed by atoms with Gasteiger partial charge in [-0.1, -0.05) is 17.3 Å². The van der Waals surface area contributed by atoms with Crippen LogP contribution in [0.3, 0.4) is 0 Å². The molecule has 1 amide bonds. The van der Waals surface area contributed by atoms with Crippen LogP contribution in [0.5, 0.6) is 5.75 Å². The van der Waals surface area contributed by atoms with E-state index in [1.807, 2.05) is 44.2 Å². The lowest BCUT2D eigenvalue weighted by Gasteiger charge is -2.35. The average Bonchev–Trinajstić information content (AvgIpc) is 3.25. The van der Waals surface area contributed by atoms with Crippen molar-refractivity contribution in [2.75, 3.05) is 57.9 Å². The van der Waals surface area contributed by atoms with Crippen LogP contribution in [0, 0.1) is 13.8 Å². The fraction of sp³-hybridized carbons (Fsp3) is 0.462. The Hall–Kier alpha value is -3.70. The van der Waals surface area contributed by atoms with Crippen molar-refractivity contribution in [2.45, 2.75) is 26.9 Å². The van der Waals surface area contributed by atoms with Crippen LogP contribution < -0.4 is 15.0 Å². The Kier molecular flexibility index (Phi) is 8.57. The molecule has 0 aliphatic carbocycles. The molecule has 1 aliphatic rings. The van der Waals surface area contributed by atoms with Gasteiger partial charge in [0.1, 0.15) is 30.0 Å². The van der Waals surface area contributed by atoms with E-state index < -0.39 is 6.10 Å². The van der Waals surface area contributed by atoms with Crippen LogP contribution in [0.25, 0.3) is 22.6 Å². The number of hydrogen-bond acceptors (Lipinski definition) is 10. The fourth-order valence-corrected chi connectivity index (χ4v) is 4.25. The van der Waals surface area contributed by atoms with Crippen molar-refractivity contribution < 1.29 is 23.9 Å². The molecule has 3 aromatic rings. The second-order valence-corrected chi connectivity index (χ2v) is 8.86. The van der Waals surface area contributed by atoms with E-state index in [0.717, 1.165) is 22.6 Å². The van der Waals surface area contributed by atoms with E-state index in [1.54, 1.807) is 18.9 Å². The summed E-state index contributed by atoms with van der Waals surface area (Å²) in [4.78, 5) is 25.7. The number of likely N-dealkylation sites (N-methyl/N-ethyl adjacent to an activating group) is 1. The molecular formula is C26H34N6O5. The summed E-state index contributed by atoms with van der Waals surface area (Å²) in [6, 6.07) is 9.43. The Balaban J connectivity index is 1.64. The van der Waals surface area contributed by atoms with E-state index in [2.05, 4.69) is 15.4 Å². The van der Waals surface area contributed by atoms with Gasteiger partial charge in [0, 0.05) is 44.4 Å². The number of carbonyl (C=O) groups is 1. The number of hydrogen-bond donors (Lipinski definition) is 2. The Morgan fingerprint density at radius 3 is 2.65 bits per heavy atom. The lowest BCUT2D eigenvalue weighted by atomic mass is 10.1. The number of nitrogens with one attached hydrogen (secondary N) is 1. The monoisotopic (exact) mass is 510 g/mol. The SMILES string of the molecule is CCOC(=O)N1CCN(c2cc(-c3c(C)noc3C)nc(-c3cccc(OCC(O)CNC)c3)n2)CC1. The molecule has 1 fully saturated rings. The predicted octanol–water partition coefficient (Wildman–Crippen LogP) is 2.65. The van der Waals surface area contributed by atoms with Crippen molar-refractivity contribution >= 4 is 11.9 Å². The topological polar surface area (TPSA) is 126 Å². The molecule has 3 heterocycles. The first-order valence-corrected chi connectivity index (χ1v) is 12.4. The van der Waals surface area contributed by atoms with Crippen LogP contribution >= 0.6 is 0 Å². The lowest BCUT2D eigenvalue weighted by molar-refractivity contribution is 0.105. The van der Waals surface area contributed by atoms with Crippen molar-refractivity contribution in [1.82, 2.24) is 25.3 Å². The second-order valence-electron chi connectivity index (χ2n) is 8.86. The highest BCUT2D eigenvalue weighted by Gasteiger charge is 2.25. The van der Waals surface area contributed by atoms with Gasteiger partial charge in [-0.25, -0.2) is 14.8 Å². The summed E-state index contributed by atoms with van der Waals surface area (Å²) in [6.07, 6.45) is -0.911. The Labute approximate surface area is 216 Å². The van der Waals surface area contributed by atoms with Crippen molar-refractivity contribution in [3.63, 3.8) is 0 Å². The first kappa shape index (κ1) is 26.4. The zero-order valence-electron chi connectivity index (χ0n) is 21.7. The molecule has 2 N–H and O–H groups in total. The average molecular weight is 511 g/mol. The molecule has 2 aromatic heterocycles. The van der Waals surface area contributed by atoms with Crippen molar-refractivity contribution in [3.8, 4) is 28.4 Å². The minimum atomic E-state index is -0.618. The second kappa shape index (κ2) is 12.0. The van der Waals surface area contributed by atoms with Crippen molar-refractivity contribution in [2.24, 2.45) is 0 Å². The Morgan fingerprint density at radius 1 is 1.19 bits per heavy atom. The zero-order chi connectivity index (χ0) is 26.4. The first-order valence-electron chi connectivity index (χ1n) is 12.4. The molecule has 0 spiro atoms. The van der Waals surface area contributed by atoms with Gasteiger partial charge in [0.25, 0.3) is 0 Å². The minimum Gasteiger partial charge on any atom is -0.491 e. The third-order valence-electron chi connectivity index (χ3n) is 6.11. The van der Waals surface area contributed by atoms with Crippen molar-refractivity contribution in [1.29, 1.82) is 0 Å². The highest BCUT2D eigenvalue weighted by atomic mass is 16.6. The van der Waals surface area contributed by atoms with Gasteiger partial charge in [0.05, 0.1) is 23.6 Å². The van der Waals surface area contributed by atoms with E-state index in [-0.39, 0.29) is 12.7 Å². The highest BCUT2D eigenvalue weighted by Crippen LogP contribution is 2.31. The maximum atomic E-state index is 12.1. The van der Waals surface area contributed by atoms with E-state index in [4.69, 9.17) is 24.0 Å². The molecule has 11 heteroatoms. The molecular weight excluding hydrogens is 476 g/mol. The van der Waals surface area contributed by atoms with Gasteiger partial charge in [-0.05, 0) is 40.0 Å². The number of piperazine rings is 1. The lowest BCUT2D eigenvalue weighted by Crippen LogP contribution is -2.49. The number of aryl methyl sites for hydroxylation is 2. The summed E-state index contributed by atoms with van der Waals surface area (Å²) in [5, 5.41) is 17.0. The third kappa shape index (κ3) is 6.36. The Morgan fingerprint density at radius 2 is 1.97 bits per heavy atom. The summed E-state index contributed by atoms with van der Waals surface area (Å²) >= 11 is 0. The maximum Gasteiger partial charge on any atom is 0.409 e. The number of benzene rings is 1. The number of aromatic nitrogens is 3. The fourth-order valence-electron chi connectivity index (χ4n) is 4.25. The molecule has 11 nitrogen and oxygen atoms in total. The van der Waals surface area contributed by atoms with Gasteiger partial charge in [-0.3, -0.25) is 0 Å². The normalized spacial score (nSPS) is 14.5. The molecule has 1 unspecified atom stereocenters. The molecule has 198 valence electrons. The third-order valence-corrected chi connectivity index (χ3v) is 6.11. The number of aliphatic hydroxyl groups excluding tert-OH is 1. The van der Waals surface area contributed by atoms with E-state index in [9.17, 15) is 9.90 Å². The molecule has 1 aliphatic heterocycles. The number of rotatable bonds is 9. The number of aliphatic hydroxyl groups is 1. The summed E-state index contributed by atoms with van der Waals surface area (Å²) in [6.45, 7) is 8.81. The van der Waals surface area contributed by atoms with Crippen LogP contribution in [0.15, 0.2) is 34.9 Å². The quantitative estimate of drug-likeness (QED) is 0.444. The molecule has 1 saturated heterocycles. The number of ether oxygens (including phenoxy) is 2. The summed E-state index contributed by atoms with van der Waals surface area (Å²) in [5.41, 5.74) is 3.06. The first-order chi connectivity index (χ1) is 17.9. The summed E-state index contributed by atoms with van der Waals surface area (Å²) in [7, 11) is 1.78. The summed E-state index contributed by atoms with van der Waals surface area (Å²) in [5.74, 6) is 2.57. The predicted molar refractivity (Wildman–Crippen MR) is 139 cm³/mol. The van der Waals surface area contributed by atoms with Crippen LogP contribution in [-0.2, 0) is 4.74 Å². The molecule has 1 aromatic carbocycles.